The molecule has 0 spiro atoms. The molecule has 2 aromatic rings. The van der Waals surface area contributed by atoms with Gasteiger partial charge in [0.25, 0.3) is 11.8 Å². The van der Waals surface area contributed by atoms with E-state index in [1.54, 1.807) is 6.08 Å². The quantitative estimate of drug-likeness (QED) is 0.186. The van der Waals surface area contributed by atoms with Crippen LogP contribution in [0.5, 0.6) is 0 Å². The minimum absolute atomic E-state index is 0.0369. The van der Waals surface area contributed by atoms with Gasteiger partial charge in [0.1, 0.15) is 18.5 Å². The number of nitrogens with zero attached hydrogens (tertiary/aromatic N) is 5. The van der Waals surface area contributed by atoms with Crippen molar-refractivity contribution in [3.63, 3.8) is 0 Å². The Morgan fingerprint density at radius 1 is 1.46 bits per heavy atom. The van der Waals surface area contributed by atoms with Crippen molar-refractivity contribution < 1.29 is 28.9 Å². The number of aromatic nitrogens is 3. The Bertz CT molecular complexity index is 1390. The lowest BCUT2D eigenvalue weighted by molar-refractivity contribution is -0.698. The van der Waals surface area contributed by atoms with E-state index in [1.807, 2.05) is 18.3 Å². The lowest BCUT2D eigenvalue weighted by atomic mass is 9.83. The molecular weight excluding hydrogens is 518 g/mol. The number of anilines is 1. The maximum atomic E-state index is 13.0. The van der Waals surface area contributed by atoms with Crippen LogP contribution in [0, 0.1) is 0 Å². The number of carboxylic acids is 1. The van der Waals surface area contributed by atoms with Crippen LogP contribution in [0.1, 0.15) is 29.9 Å². The van der Waals surface area contributed by atoms with E-state index < -0.39 is 29.2 Å². The van der Waals surface area contributed by atoms with Crippen molar-refractivity contribution in [1.82, 2.24) is 19.6 Å². The Labute approximate surface area is 220 Å². The maximum absolute atomic E-state index is 13.0. The van der Waals surface area contributed by atoms with Gasteiger partial charge in [-0.3, -0.25) is 14.5 Å². The second kappa shape index (κ2) is 9.94. The third-order valence-corrected chi connectivity index (χ3v) is 8.19. The summed E-state index contributed by atoms with van der Waals surface area (Å²) >= 11 is 2.23. The molecule has 192 valence electrons. The number of nitrogens with one attached hydrogen (secondary N) is 1. The van der Waals surface area contributed by atoms with E-state index in [2.05, 4.69) is 37.4 Å². The Morgan fingerprint density at radius 2 is 2.27 bits per heavy atom. The number of allylic oxidation sites excluding steroid dienone is 2. The van der Waals surface area contributed by atoms with Gasteiger partial charge in [0.15, 0.2) is 23.6 Å². The zero-order chi connectivity index (χ0) is 26.3. The normalized spacial score (nSPS) is 22.8. The lowest BCUT2D eigenvalue weighted by Crippen LogP contribution is -2.71. The van der Waals surface area contributed by atoms with Crippen LogP contribution in [0.2, 0.25) is 0 Å². The molecule has 5 rings (SSSR count). The predicted molar refractivity (Wildman–Crippen MR) is 133 cm³/mol. The lowest BCUT2D eigenvalue weighted by Gasteiger charge is -2.50. The van der Waals surface area contributed by atoms with Crippen molar-refractivity contribution in [3.8, 4) is 0 Å². The fourth-order valence-corrected chi connectivity index (χ4v) is 6.48. The van der Waals surface area contributed by atoms with E-state index in [-0.39, 0.29) is 22.4 Å². The van der Waals surface area contributed by atoms with Crippen molar-refractivity contribution >= 4 is 51.9 Å². The molecule has 1 fully saturated rings. The molecule has 12 nitrogen and oxygen atoms in total. The highest BCUT2D eigenvalue weighted by atomic mass is 32.2. The Morgan fingerprint density at radius 3 is 2.95 bits per heavy atom. The molecule has 4 heterocycles. The number of hydrogen-bond acceptors (Lipinski definition) is 11. The first-order chi connectivity index (χ1) is 17.8. The Kier molecular flexibility index (Phi) is 6.69. The van der Waals surface area contributed by atoms with E-state index in [0.29, 0.717) is 23.8 Å². The predicted octanol–water partition coefficient (Wildman–Crippen LogP) is -0.922. The molecule has 0 aromatic carbocycles. The molecule has 37 heavy (non-hydrogen) atoms. The molecule has 2 unspecified atom stereocenters. The average molecular weight is 542 g/mol. The highest BCUT2D eigenvalue weighted by Crippen LogP contribution is 2.40. The molecule has 0 bridgehead atoms. The van der Waals surface area contributed by atoms with Crippen LogP contribution in [0.4, 0.5) is 5.13 Å². The summed E-state index contributed by atoms with van der Waals surface area (Å²) < 4.78 is 6.09. The van der Waals surface area contributed by atoms with Crippen LogP contribution >= 0.6 is 23.3 Å². The molecule has 2 aromatic heterocycles. The molecule has 14 heteroatoms. The Hall–Kier alpha value is -3.78. The van der Waals surface area contributed by atoms with Crippen LogP contribution in [-0.4, -0.2) is 62.0 Å². The molecular formula is C23H23N7O5S2. The summed E-state index contributed by atoms with van der Waals surface area (Å²) in [6.07, 6.45) is 6.67. The van der Waals surface area contributed by atoms with Gasteiger partial charge in [0.2, 0.25) is 11.5 Å². The first-order valence-corrected chi connectivity index (χ1v) is 13.2. The molecule has 2 amide bonds. The van der Waals surface area contributed by atoms with E-state index in [0.717, 1.165) is 22.9 Å². The van der Waals surface area contributed by atoms with Gasteiger partial charge in [-0.15, -0.1) is 11.8 Å². The van der Waals surface area contributed by atoms with Gasteiger partial charge in [-0.05, 0) is 24.1 Å². The Balaban J connectivity index is 1.31. The van der Waals surface area contributed by atoms with Gasteiger partial charge >= 0.3 is 0 Å². The number of oxime groups is 1. The van der Waals surface area contributed by atoms with Crippen molar-refractivity contribution in [3.05, 3.63) is 58.8 Å². The molecule has 3 aliphatic rings. The smallest absolute Gasteiger partial charge is 0.278 e. The minimum atomic E-state index is -1.45. The number of carbonyl (C=O) groups excluding carboxylic acids is 3. The standard InChI is InChI=1S/C23H23N7O5S2/c1-11-9-12-5-3-7-29(16(11)12)8-4-6-13-10-36-21-15(20(32)30(21)17(13)22(33)34)25-19(31)14(27-35-2)18-26-23(24)37-28-18/h3-7,11,15,21H,8-10H2,1-2H3,(H3-,24,25,26,28,31,33,34)/b6-4+,27-14-/t11?,15?,21-/m1/s1. The fraction of sp³-hybridized carbons (Fsp3) is 0.348. The monoisotopic (exact) mass is 541 g/mol. The van der Waals surface area contributed by atoms with Crippen molar-refractivity contribution in [2.24, 2.45) is 5.16 Å². The summed E-state index contributed by atoms with van der Waals surface area (Å²) in [5.74, 6) is -1.98. The number of pyridine rings is 1. The third-order valence-electron chi connectivity index (χ3n) is 6.34. The van der Waals surface area contributed by atoms with Crippen molar-refractivity contribution in [1.29, 1.82) is 0 Å². The van der Waals surface area contributed by atoms with Crippen molar-refractivity contribution in [2.45, 2.75) is 37.2 Å². The number of rotatable bonds is 8. The van der Waals surface area contributed by atoms with Gasteiger partial charge in [0.05, 0.1) is 11.7 Å². The average Bonchev–Trinajstić information content (AvgIpc) is 3.29. The second-order valence-electron chi connectivity index (χ2n) is 8.68. The summed E-state index contributed by atoms with van der Waals surface area (Å²) in [7, 11) is 1.25. The molecule has 1 aliphatic carbocycles. The van der Waals surface area contributed by atoms with Gasteiger partial charge in [-0.1, -0.05) is 18.2 Å². The van der Waals surface area contributed by atoms with Crippen LogP contribution in [0.25, 0.3) is 0 Å². The van der Waals surface area contributed by atoms with Crippen LogP contribution in [0.3, 0.4) is 0 Å². The number of nitrogens with two attached hydrogens (primary N) is 1. The van der Waals surface area contributed by atoms with E-state index in [4.69, 9.17) is 10.6 Å². The molecule has 3 N–H and O–H groups in total. The number of amides is 2. The summed E-state index contributed by atoms with van der Waals surface area (Å²) in [4.78, 5) is 47.6. The van der Waals surface area contributed by atoms with Crippen LogP contribution in [-0.2, 0) is 32.2 Å². The van der Waals surface area contributed by atoms with Crippen molar-refractivity contribution in [2.75, 3.05) is 18.6 Å². The summed E-state index contributed by atoms with van der Waals surface area (Å²) in [5.41, 5.74) is 8.24. The zero-order valence-corrected chi connectivity index (χ0v) is 21.5. The first kappa shape index (κ1) is 24.9. The number of β-lactam (4-membered cyclic amide) rings is 1. The number of nitrogen functional groups attached to an aromatic ring is 1. The molecule has 0 saturated carbocycles. The van der Waals surface area contributed by atoms with Gasteiger partial charge < -0.3 is 25.8 Å². The molecule has 2 aliphatic heterocycles. The highest BCUT2D eigenvalue weighted by Gasteiger charge is 2.53. The van der Waals surface area contributed by atoms with Gasteiger partial charge in [0, 0.05) is 34.8 Å². The second-order valence-corrected chi connectivity index (χ2v) is 10.6. The first-order valence-electron chi connectivity index (χ1n) is 11.4. The van der Waals surface area contributed by atoms with Crippen LogP contribution < -0.4 is 20.7 Å². The third kappa shape index (κ3) is 4.46. The summed E-state index contributed by atoms with van der Waals surface area (Å²) in [6.45, 7) is 2.75. The number of carboxylic acid groups (broad SMARTS) is 1. The zero-order valence-electron chi connectivity index (χ0n) is 19.9. The van der Waals surface area contributed by atoms with E-state index in [1.165, 1.54) is 30.1 Å². The topological polar surface area (TPSA) is 167 Å². The number of fused-ring (bicyclic) bond motifs is 2. The minimum Gasteiger partial charge on any atom is -0.543 e. The molecule has 3 atom stereocenters. The maximum Gasteiger partial charge on any atom is 0.278 e. The number of hydrogen-bond donors (Lipinski definition) is 2. The van der Waals surface area contributed by atoms with E-state index in [9.17, 15) is 19.5 Å². The number of carbonyl (C=O) groups is 3. The molecule has 0 radical (unpaired) electrons. The van der Waals surface area contributed by atoms with Crippen LogP contribution in [0.15, 0.2) is 46.9 Å². The SMILES string of the molecule is CO/N=C(\C(=O)NC1C(=O)N2C(C(=O)[O-])=C(/C=C/C[n+]3cccc4c3C(C)C4)CS[C@H]12)c1nsc(N)n1. The highest BCUT2D eigenvalue weighted by molar-refractivity contribution is 8.00. The summed E-state index contributed by atoms with van der Waals surface area (Å²) in [5, 5.41) is 17.8. The number of aliphatic carboxylic acids is 1. The van der Waals surface area contributed by atoms with E-state index >= 15 is 0 Å². The molecule has 1 saturated heterocycles. The fourth-order valence-electron chi connectivity index (χ4n) is 4.72. The summed E-state index contributed by atoms with van der Waals surface area (Å²) in [6, 6.07) is 3.15. The van der Waals surface area contributed by atoms with Gasteiger partial charge in [-0.2, -0.15) is 13.9 Å². The van der Waals surface area contributed by atoms with Gasteiger partial charge in [-0.25, -0.2) is 0 Å². The number of thioether (sulfide) groups is 1. The largest absolute Gasteiger partial charge is 0.543 e.